The lowest BCUT2D eigenvalue weighted by molar-refractivity contribution is 0.0625. The lowest BCUT2D eigenvalue weighted by Gasteiger charge is -2.26. The number of rotatable bonds is 5. The Hall–Kier alpha value is -2.01. The topological polar surface area (TPSA) is 50.0 Å². The molecule has 2 aromatic rings. The van der Waals surface area contributed by atoms with Crippen LogP contribution in [0.1, 0.15) is 30.6 Å². The summed E-state index contributed by atoms with van der Waals surface area (Å²) >= 11 is 0. The number of fused-ring (bicyclic) bond motifs is 1. The Labute approximate surface area is 150 Å². The van der Waals surface area contributed by atoms with Crippen LogP contribution in [0.2, 0.25) is 0 Å². The predicted octanol–water partition coefficient (Wildman–Crippen LogP) is 3.57. The molecule has 0 atom stereocenters. The predicted molar refractivity (Wildman–Crippen MR) is 102 cm³/mol. The fourth-order valence-electron chi connectivity index (χ4n) is 3.45. The van der Waals surface area contributed by atoms with Crippen molar-refractivity contribution in [2.24, 2.45) is 10.9 Å². The van der Waals surface area contributed by atoms with E-state index in [1.165, 1.54) is 30.2 Å². The van der Waals surface area contributed by atoms with Gasteiger partial charge in [0.25, 0.3) is 0 Å². The van der Waals surface area contributed by atoms with Gasteiger partial charge in [0.2, 0.25) is 0 Å². The molecule has 0 saturated carbocycles. The van der Waals surface area contributed by atoms with Crippen LogP contribution in [-0.4, -0.2) is 44.7 Å². The number of hydrogen-bond donors (Lipinski definition) is 1. The average molecular weight is 343 g/mol. The molecule has 1 aromatic carbocycles. The summed E-state index contributed by atoms with van der Waals surface area (Å²) in [6.45, 7) is 5.58. The fraction of sp³-hybridized carbons (Fsp3) is 0.550. The van der Waals surface area contributed by atoms with Crippen LogP contribution in [-0.2, 0) is 11.3 Å². The normalized spacial score (nSPS) is 16.4. The maximum Gasteiger partial charge on any atom is 0.193 e. The molecule has 5 heteroatoms. The van der Waals surface area contributed by atoms with E-state index >= 15 is 0 Å². The molecular formula is C20H29N3O2. The van der Waals surface area contributed by atoms with Crippen LogP contribution >= 0.6 is 0 Å². The molecule has 1 N–H and O–H groups in total. The van der Waals surface area contributed by atoms with Crippen molar-refractivity contribution in [1.82, 2.24) is 10.2 Å². The summed E-state index contributed by atoms with van der Waals surface area (Å²) in [5, 5.41) is 4.62. The molecule has 0 aliphatic carbocycles. The van der Waals surface area contributed by atoms with E-state index in [4.69, 9.17) is 9.15 Å². The minimum absolute atomic E-state index is 0.648. The van der Waals surface area contributed by atoms with Gasteiger partial charge in [0, 0.05) is 44.8 Å². The summed E-state index contributed by atoms with van der Waals surface area (Å²) < 4.78 is 11.4. The Balaban J connectivity index is 1.55. The third-order valence-corrected chi connectivity index (χ3v) is 5.14. The van der Waals surface area contributed by atoms with Gasteiger partial charge in [0.05, 0.1) is 6.54 Å². The lowest BCUT2D eigenvalue weighted by Crippen LogP contribution is -2.39. The van der Waals surface area contributed by atoms with Crippen molar-refractivity contribution in [1.29, 1.82) is 0 Å². The van der Waals surface area contributed by atoms with Gasteiger partial charge in [-0.2, -0.15) is 0 Å². The van der Waals surface area contributed by atoms with Gasteiger partial charge >= 0.3 is 0 Å². The first-order valence-electron chi connectivity index (χ1n) is 9.15. The zero-order chi connectivity index (χ0) is 17.6. The molecular weight excluding hydrogens is 314 g/mol. The smallest absolute Gasteiger partial charge is 0.193 e. The zero-order valence-electron chi connectivity index (χ0n) is 15.5. The fourth-order valence-corrected chi connectivity index (χ4v) is 3.45. The third-order valence-electron chi connectivity index (χ3n) is 5.14. The number of nitrogens with one attached hydrogen (secondary N) is 1. The quantitative estimate of drug-likeness (QED) is 0.666. The number of hydrogen-bond acceptors (Lipinski definition) is 3. The summed E-state index contributed by atoms with van der Waals surface area (Å²) in [7, 11) is 3.93. The van der Waals surface area contributed by atoms with Crippen LogP contribution in [0, 0.1) is 12.8 Å². The Morgan fingerprint density at radius 3 is 2.76 bits per heavy atom. The molecule has 0 amide bonds. The van der Waals surface area contributed by atoms with E-state index in [0.717, 1.165) is 43.0 Å². The number of furan rings is 1. The molecule has 5 nitrogen and oxygen atoms in total. The minimum Gasteiger partial charge on any atom is -0.459 e. The van der Waals surface area contributed by atoms with Gasteiger partial charge in [-0.3, -0.25) is 4.99 Å². The van der Waals surface area contributed by atoms with Gasteiger partial charge in [0.1, 0.15) is 11.3 Å². The number of ether oxygens (including phenoxy) is 1. The van der Waals surface area contributed by atoms with Crippen molar-refractivity contribution in [3.63, 3.8) is 0 Å². The summed E-state index contributed by atoms with van der Waals surface area (Å²) in [5.41, 5.74) is 2.14. The standard InChI is InChI=1S/C20H29N3O2/c1-15-17-6-4-5-7-18(17)25-19(15)14-22-20(21-2)23(3)11-8-16-9-12-24-13-10-16/h4-7,16H,8-14H2,1-3H3,(H,21,22). The number of guanidine groups is 1. The van der Waals surface area contributed by atoms with Crippen molar-refractivity contribution in [2.75, 3.05) is 33.9 Å². The van der Waals surface area contributed by atoms with Crippen molar-refractivity contribution in [3.8, 4) is 0 Å². The van der Waals surface area contributed by atoms with Crippen LogP contribution in [0.3, 0.4) is 0 Å². The van der Waals surface area contributed by atoms with Gasteiger partial charge in [-0.1, -0.05) is 18.2 Å². The van der Waals surface area contributed by atoms with Gasteiger partial charge in [-0.05, 0) is 38.2 Å². The van der Waals surface area contributed by atoms with Crippen molar-refractivity contribution in [3.05, 3.63) is 35.6 Å². The second-order valence-electron chi connectivity index (χ2n) is 6.81. The van der Waals surface area contributed by atoms with Crippen LogP contribution < -0.4 is 5.32 Å². The summed E-state index contributed by atoms with van der Waals surface area (Å²) in [4.78, 5) is 6.62. The molecule has 1 fully saturated rings. The lowest BCUT2D eigenvalue weighted by atomic mass is 9.96. The first-order valence-corrected chi connectivity index (χ1v) is 9.15. The monoisotopic (exact) mass is 343 g/mol. The highest BCUT2D eigenvalue weighted by atomic mass is 16.5. The molecule has 3 rings (SSSR count). The highest BCUT2D eigenvalue weighted by Gasteiger charge is 2.16. The molecule has 25 heavy (non-hydrogen) atoms. The van der Waals surface area contributed by atoms with E-state index < -0.39 is 0 Å². The highest BCUT2D eigenvalue weighted by Crippen LogP contribution is 2.24. The van der Waals surface area contributed by atoms with E-state index in [9.17, 15) is 0 Å². The second-order valence-corrected chi connectivity index (χ2v) is 6.81. The Bertz CT molecular complexity index is 717. The molecule has 1 saturated heterocycles. The third kappa shape index (κ3) is 4.34. The van der Waals surface area contributed by atoms with Gasteiger partial charge in [-0.15, -0.1) is 0 Å². The average Bonchev–Trinajstić information content (AvgIpc) is 2.97. The van der Waals surface area contributed by atoms with Gasteiger partial charge in [0.15, 0.2) is 5.96 Å². The number of para-hydroxylation sites is 1. The molecule has 1 aromatic heterocycles. The van der Waals surface area contributed by atoms with E-state index in [1.807, 2.05) is 25.2 Å². The molecule has 1 aliphatic heterocycles. The Morgan fingerprint density at radius 2 is 2.04 bits per heavy atom. The van der Waals surface area contributed by atoms with E-state index in [1.54, 1.807) is 0 Å². The van der Waals surface area contributed by atoms with Crippen molar-refractivity contribution in [2.45, 2.75) is 32.7 Å². The highest BCUT2D eigenvalue weighted by molar-refractivity contribution is 5.82. The zero-order valence-corrected chi connectivity index (χ0v) is 15.5. The number of benzene rings is 1. The SMILES string of the molecule is CN=C(NCc1oc2ccccc2c1C)N(C)CCC1CCOCC1. The maximum absolute atomic E-state index is 5.98. The van der Waals surface area contributed by atoms with Gasteiger partial charge < -0.3 is 19.4 Å². The van der Waals surface area contributed by atoms with Gasteiger partial charge in [-0.25, -0.2) is 0 Å². The molecule has 1 aliphatic rings. The number of aryl methyl sites for hydroxylation is 1. The van der Waals surface area contributed by atoms with Crippen LogP contribution in [0.15, 0.2) is 33.7 Å². The first-order chi connectivity index (χ1) is 12.2. The summed E-state index contributed by atoms with van der Waals surface area (Å²) in [6.07, 6.45) is 3.54. The second kappa shape index (κ2) is 8.39. The number of aliphatic imine (C=N–C) groups is 1. The molecule has 136 valence electrons. The Morgan fingerprint density at radius 1 is 1.28 bits per heavy atom. The maximum atomic E-state index is 5.98. The molecule has 0 spiro atoms. The van der Waals surface area contributed by atoms with Crippen LogP contribution in [0.4, 0.5) is 0 Å². The van der Waals surface area contributed by atoms with E-state index in [2.05, 4.69) is 35.2 Å². The molecule has 2 heterocycles. The summed E-state index contributed by atoms with van der Waals surface area (Å²) in [6, 6.07) is 8.17. The van der Waals surface area contributed by atoms with Crippen LogP contribution in [0.5, 0.6) is 0 Å². The van der Waals surface area contributed by atoms with E-state index in [0.29, 0.717) is 6.54 Å². The van der Waals surface area contributed by atoms with E-state index in [-0.39, 0.29) is 0 Å². The summed E-state index contributed by atoms with van der Waals surface area (Å²) in [5.74, 6) is 2.65. The minimum atomic E-state index is 0.648. The van der Waals surface area contributed by atoms with Crippen molar-refractivity contribution < 1.29 is 9.15 Å². The molecule has 0 unspecified atom stereocenters. The van der Waals surface area contributed by atoms with Crippen molar-refractivity contribution >= 4 is 16.9 Å². The molecule has 0 radical (unpaired) electrons. The largest absolute Gasteiger partial charge is 0.459 e. The molecule has 0 bridgehead atoms. The number of nitrogens with zero attached hydrogens (tertiary/aromatic N) is 2. The Kier molecular flexibility index (Phi) is 5.97. The van der Waals surface area contributed by atoms with Crippen LogP contribution in [0.25, 0.3) is 11.0 Å². The first kappa shape index (κ1) is 17.8.